The van der Waals surface area contributed by atoms with Gasteiger partial charge >= 0.3 is 5.97 Å². The highest BCUT2D eigenvalue weighted by molar-refractivity contribution is 6.82. The number of hydrogen-bond donors (Lipinski definition) is 3. The summed E-state index contributed by atoms with van der Waals surface area (Å²) in [5.74, 6) is 1.34. The highest BCUT2D eigenvalue weighted by Crippen LogP contribution is 2.76. The van der Waals surface area contributed by atoms with Crippen molar-refractivity contribution in [2.45, 2.75) is 163 Å². The lowest BCUT2D eigenvalue weighted by molar-refractivity contribution is -0.161. The smallest absolute Gasteiger partial charge is 0.306 e. The van der Waals surface area contributed by atoms with Crippen LogP contribution in [0.15, 0.2) is 24.0 Å². The molecule has 0 aromatic carbocycles. The van der Waals surface area contributed by atoms with Crippen molar-refractivity contribution in [3.05, 3.63) is 40.9 Å². The van der Waals surface area contributed by atoms with E-state index in [2.05, 4.69) is 123 Å². The second-order valence-corrected chi connectivity index (χ2v) is 27.1. The molecule has 0 aliphatic heterocycles. The molecule has 4 N–H and O–H groups in total. The molecular weight excluding hydrogens is 645 g/mol. The van der Waals surface area contributed by atoms with E-state index in [0.717, 1.165) is 38.5 Å². The number of nitrogens with one attached hydrogen (secondary N) is 1. The lowest BCUT2D eigenvalue weighted by Crippen LogP contribution is -2.64. The molecule has 3 fully saturated rings. The third-order valence-corrected chi connectivity index (χ3v) is 24.1. The van der Waals surface area contributed by atoms with Crippen LogP contribution in [-0.4, -0.2) is 33.7 Å². The van der Waals surface area contributed by atoms with Gasteiger partial charge in [-0.15, -0.1) is 0 Å². The van der Waals surface area contributed by atoms with Gasteiger partial charge < -0.3 is 15.1 Å². The normalized spacial score (nSPS) is 37.1. The van der Waals surface area contributed by atoms with E-state index in [0.29, 0.717) is 40.2 Å². The number of anilines is 1. The monoisotopic (exact) mass is 715 g/mol. The van der Waals surface area contributed by atoms with Gasteiger partial charge in [0.1, 0.15) is 5.82 Å². The predicted molar refractivity (Wildman–Crippen MR) is 213 cm³/mol. The zero-order valence-electron chi connectivity index (χ0n) is 34.3. The fourth-order valence-corrected chi connectivity index (χ4v) is 21.9. The van der Waals surface area contributed by atoms with Crippen LogP contribution in [0.25, 0.3) is 5.57 Å². The van der Waals surface area contributed by atoms with Crippen LogP contribution in [0.2, 0.25) is 16.6 Å². The Labute approximate surface area is 310 Å². The van der Waals surface area contributed by atoms with Gasteiger partial charge in [-0.05, 0) is 137 Å². The van der Waals surface area contributed by atoms with Crippen LogP contribution >= 0.6 is 0 Å². The van der Waals surface area contributed by atoms with Gasteiger partial charge in [0, 0.05) is 22.9 Å². The molecule has 8 atom stereocenters. The molecule has 0 radical (unpaired) electrons. The molecule has 7 heteroatoms. The fraction of sp³-hybridized carbons (Fsp3) is 0.773. The molecule has 7 rings (SSSR count). The van der Waals surface area contributed by atoms with Crippen LogP contribution in [-0.2, 0) is 16.6 Å². The highest BCUT2D eigenvalue weighted by atomic mass is 28.3. The number of rotatable bonds is 6. The molecule has 3 saturated carbocycles. The lowest BCUT2D eigenvalue weighted by atomic mass is 9.33. The van der Waals surface area contributed by atoms with Crippen LogP contribution in [0.3, 0.4) is 0 Å². The molecule has 0 amide bonds. The summed E-state index contributed by atoms with van der Waals surface area (Å²) in [6, 6.07) is 2.48. The number of nitrogen functional groups attached to an aromatic ring is 1. The van der Waals surface area contributed by atoms with E-state index >= 15 is 0 Å². The Balaban J connectivity index is 1.48. The first kappa shape index (κ1) is 37.0. The third-order valence-electron chi connectivity index (χ3n) is 17.4. The first-order valence-corrected chi connectivity index (χ1v) is 22.7. The molecule has 5 aliphatic rings. The molecule has 282 valence electrons. The maximum absolute atomic E-state index is 13.0. The lowest BCUT2D eigenvalue weighted by Gasteiger charge is -2.70. The quantitative estimate of drug-likeness (QED) is 0.260. The average molecular weight is 715 g/mol. The zero-order valence-corrected chi connectivity index (χ0v) is 35.3. The van der Waals surface area contributed by atoms with Crippen LogP contribution in [0.1, 0.15) is 152 Å². The van der Waals surface area contributed by atoms with E-state index in [1.807, 2.05) is 0 Å². The van der Waals surface area contributed by atoms with Crippen molar-refractivity contribution < 1.29 is 9.90 Å². The first-order chi connectivity index (χ1) is 23.6. The summed E-state index contributed by atoms with van der Waals surface area (Å²) in [4.78, 5) is 13.0. The number of aromatic nitrogens is 3. The third kappa shape index (κ3) is 4.83. The Morgan fingerprint density at radius 1 is 0.961 bits per heavy atom. The van der Waals surface area contributed by atoms with Crippen molar-refractivity contribution in [3.63, 3.8) is 0 Å². The fourth-order valence-electron chi connectivity index (χ4n) is 15.4. The number of aromatic amines is 1. The SMILES string of the molecule is CC(C)[Si](C(C)C)(C(C)C)n1ccc(C2=C3C4CC(C)(C)C[C@@H](C(=O)O)C4CCC3(C)C3(C)CCC4C(C)(C)c5[nH]nc(N)c5CC4(C)C3C2)c1. The number of hydrogen-bond acceptors (Lipinski definition) is 3. The number of carboxylic acid groups (broad SMARTS) is 1. The molecule has 51 heavy (non-hydrogen) atoms. The van der Waals surface area contributed by atoms with E-state index < -0.39 is 14.2 Å². The van der Waals surface area contributed by atoms with Crippen LogP contribution in [0, 0.1) is 51.2 Å². The summed E-state index contributed by atoms with van der Waals surface area (Å²) < 4.78 is 2.74. The molecule has 0 bridgehead atoms. The number of nitrogens with two attached hydrogens (primary N) is 1. The van der Waals surface area contributed by atoms with E-state index in [1.54, 1.807) is 11.1 Å². The van der Waals surface area contributed by atoms with Gasteiger partial charge in [0.25, 0.3) is 0 Å². The summed E-state index contributed by atoms with van der Waals surface area (Å²) in [5.41, 5.74) is 15.7. The van der Waals surface area contributed by atoms with Crippen molar-refractivity contribution in [2.24, 2.45) is 51.2 Å². The Bertz CT molecular complexity index is 1720. The standard InChI is InChI=1S/C44H70N4O2Si/c1-25(2)51(26(3)4,27(5)6)48-19-16-28(24-48)30-20-35-42(11)23-33-37(46-47-38(33)45)41(9,10)34(42)15-18-43(35,12)44(13)17-14-29-31(36(30)44)21-40(7,8)22-32(29)39(49)50/h16,19,24-27,29,31-32,34-35H,14-15,17-18,20-23H2,1-13H3,(H,49,50)(H3,45,46,47)/t29?,31?,32-,34?,35?,42?,43?,44?/m1/s1. The average Bonchev–Trinajstić information content (AvgIpc) is 3.63. The van der Waals surface area contributed by atoms with Crippen molar-refractivity contribution in [2.75, 3.05) is 5.73 Å². The second-order valence-electron chi connectivity index (χ2n) is 21.3. The Kier molecular flexibility index (Phi) is 8.43. The van der Waals surface area contributed by atoms with Crippen LogP contribution in [0.5, 0.6) is 0 Å². The number of allylic oxidation sites excluding steroid dienone is 2. The Morgan fingerprint density at radius 2 is 1.61 bits per heavy atom. The van der Waals surface area contributed by atoms with Crippen LogP contribution in [0.4, 0.5) is 5.82 Å². The minimum Gasteiger partial charge on any atom is -0.481 e. The number of H-pyrrole nitrogens is 1. The number of fused-ring (bicyclic) bond motifs is 8. The molecule has 2 aromatic heterocycles. The Hall–Kier alpha value is -2.28. The van der Waals surface area contributed by atoms with Gasteiger partial charge in [0.15, 0.2) is 8.24 Å². The largest absolute Gasteiger partial charge is 0.481 e. The summed E-state index contributed by atoms with van der Waals surface area (Å²) in [5, 5.41) is 18.7. The number of carbonyl (C=O) groups is 1. The number of nitrogens with zero attached hydrogens (tertiary/aromatic N) is 2. The molecule has 0 spiro atoms. The highest BCUT2D eigenvalue weighted by Gasteiger charge is 2.69. The summed E-state index contributed by atoms with van der Waals surface area (Å²) in [6.07, 6.45) is 13.5. The van der Waals surface area contributed by atoms with Crippen molar-refractivity contribution in [1.29, 1.82) is 0 Å². The van der Waals surface area contributed by atoms with Gasteiger partial charge in [0.2, 0.25) is 0 Å². The van der Waals surface area contributed by atoms with E-state index in [-0.39, 0.29) is 38.9 Å². The van der Waals surface area contributed by atoms with Crippen molar-refractivity contribution in [3.8, 4) is 0 Å². The minimum absolute atomic E-state index is 0.00596. The van der Waals surface area contributed by atoms with Crippen LogP contribution < -0.4 is 5.73 Å². The predicted octanol–water partition coefficient (Wildman–Crippen LogP) is 11.1. The van der Waals surface area contributed by atoms with Crippen molar-refractivity contribution >= 4 is 25.6 Å². The van der Waals surface area contributed by atoms with Gasteiger partial charge in [0.05, 0.1) is 5.92 Å². The summed E-state index contributed by atoms with van der Waals surface area (Å²) >= 11 is 0. The molecule has 6 nitrogen and oxygen atoms in total. The number of aliphatic carboxylic acids is 1. The molecule has 7 unspecified atom stereocenters. The maximum Gasteiger partial charge on any atom is 0.306 e. The van der Waals surface area contributed by atoms with E-state index in [9.17, 15) is 9.90 Å². The summed E-state index contributed by atoms with van der Waals surface area (Å²) in [6.45, 7) is 32.3. The van der Waals surface area contributed by atoms with Gasteiger partial charge in [-0.2, -0.15) is 5.10 Å². The maximum atomic E-state index is 13.0. The molecule has 2 heterocycles. The Morgan fingerprint density at radius 3 is 2.22 bits per heavy atom. The van der Waals surface area contributed by atoms with Gasteiger partial charge in [-0.3, -0.25) is 9.89 Å². The van der Waals surface area contributed by atoms with E-state index in [4.69, 9.17) is 5.73 Å². The van der Waals surface area contributed by atoms with Gasteiger partial charge in [-0.1, -0.05) is 95.6 Å². The van der Waals surface area contributed by atoms with E-state index in [1.165, 1.54) is 29.7 Å². The molecule has 0 saturated heterocycles. The molecule has 5 aliphatic carbocycles. The minimum atomic E-state index is -1.95. The number of carboxylic acids is 1. The molecular formula is C44H70N4O2Si. The molecule has 2 aromatic rings. The van der Waals surface area contributed by atoms with Crippen molar-refractivity contribution in [1.82, 2.24) is 14.4 Å². The summed E-state index contributed by atoms with van der Waals surface area (Å²) in [7, 11) is -1.95. The first-order valence-electron chi connectivity index (χ1n) is 20.6. The second kappa shape index (κ2) is 11.6. The topological polar surface area (TPSA) is 96.9 Å². The zero-order chi connectivity index (χ0) is 37.4. The van der Waals surface area contributed by atoms with Gasteiger partial charge in [-0.25, -0.2) is 0 Å².